The van der Waals surface area contributed by atoms with E-state index in [0.29, 0.717) is 47.2 Å². The minimum absolute atomic E-state index is 0.00225. The fraction of sp³-hybridized carbons (Fsp3) is 0.273. The van der Waals surface area contributed by atoms with E-state index in [4.69, 9.17) is 9.47 Å². The van der Waals surface area contributed by atoms with Crippen molar-refractivity contribution < 1.29 is 18.7 Å². The van der Waals surface area contributed by atoms with Crippen LogP contribution in [0.1, 0.15) is 16.8 Å². The van der Waals surface area contributed by atoms with Crippen molar-refractivity contribution in [2.45, 2.75) is 18.1 Å². The Bertz CT molecular complexity index is 1350. The zero-order chi connectivity index (χ0) is 22.7. The molecule has 10 heteroatoms. The number of methoxy groups -OCH3 is 2. The fourth-order valence-corrected chi connectivity index (χ4v) is 4.32. The number of halogens is 1. The summed E-state index contributed by atoms with van der Waals surface area (Å²) in [7, 11) is 3.04. The van der Waals surface area contributed by atoms with Crippen molar-refractivity contribution in [2.24, 2.45) is 0 Å². The van der Waals surface area contributed by atoms with E-state index in [9.17, 15) is 14.0 Å². The van der Waals surface area contributed by atoms with Crippen LogP contribution in [0.5, 0.6) is 5.75 Å². The van der Waals surface area contributed by atoms with E-state index in [1.807, 2.05) is 12.1 Å². The molecule has 32 heavy (non-hydrogen) atoms. The van der Waals surface area contributed by atoms with Gasteiger partial charge in [0.05, 0.1) is 29.3 Å². The molecule has 0 saturated carbocycles. The normalized spacial score (nSPS) is 11.3. The summed E-state index contributed by atoms with van der Waals surface area (Å²) in [5.41, 5.74) is 0.655. The third-order valence-electron chi connectivity index (χ3n) is 5.00. The number of hydrogen-bond acceptors (Lipinski definition) is 7. The third kappa shape index (κ3) is 4.11. The highest BCUT2D eigenvalue weighted by Gasteiger charge is 2.19. The van der Waals surface area contributed by atoms with E-state index < -0.39 is 5.82 Å². The van der Waals surface area contributed by atoms with Crippen molar-refractivity contribution in [1.82, 2.24) is 19.2 Å². The zero-order valence-electron chi connectivity index (χ0n) is 17.6. The summed E-state index contributed by atoms with van der Waals surface area (Å²) in [5, 5.41) is 9.44. The molecule has 0 N–H and O–H groups in total. The summed E-state index contributed by atoms with van der Waals surface area (Å²) in [5.74, 6) is -0.125. The van der Waals surface area contributed by atoms with Gasteiger partial charge in [-0.3, -0.25) is 18.6 Å². The molecule has 8 nitrogen and oxygen atoms in total. The summed E-state index contributed by atoms with van der Waals surface area (Å²) in [6, 6.07) is 11.0. The number of para-hydroxylation sites is 1. The quantitative estimate of drug-likeness (QED) is 0.217. The molecule has 2 aromatic carbocycles. The van der Waals surface area contributed by atoms with Crippen LogP contribution >= 0.6 is 11.8 Å². The van der Waals surface area contributed by atoms with Crippen molar-refractivity contribution in [3.63, 3.8) is 0 Å². The molecule has 0 fully saturated rings. The van der Waals surface area contributed by atoms with Gasteiger partial charge in [0, 0.05) is 20.3 Å². The molecule has 0 aliphatic heterocycles. The van der Waals surface area contributed by atoms with Gasteiger partial charge < -0.3 is 9.47 Å². The number of aromatic nitrogens is 4. The lowest BCUT2D eigenvalue weighted by atomic mass is 10.1. The second-order valence-corrected chi connectivity index (χ2v) is 7.94. The van der Waals surface area contributed by atoms with Crippen LogP contribution in [0.2, 0.25) is 0 Å². The Morgan fingerprint density at radius 2 is 1.97 bits per heavy atom. The van der Waals surface area contributed by atoms with Crippen LogP contribution in [-0.2, 0) is 11.3 Å². The van der Waals surface area contributed by atoms with Gasteiger partial charge in [-0.2, -0.15) is 0 Å². The number of thioether (sulfide) groups is 1. The Morgan fingerprint density at radius 1 is 1.16 bits per heavy atom. The Balaban J connectivity index is 1.72. The smallest absolute Gasteiger partial charge is 0.262 e. The van der Waals surface area contributed by atoms with Crippen molar-refractivity contribution in [2.75, 3.05) is 26.6 Å². The van der Waals surface area contributed by atoms with E-state index in [-0.39, 0.29) is 22.7 Å². The number of carbonyl (C=O) groups is 1. The number of nitrogens with zero attached hydrogens (tertiary/aromatic N) is 4. The average molecular weight is 456 g/mol. The average Bonchev–Trinajstić information content (AvgIpc) is 3.23. The van der Waals surface area contributed by atoms with Gasteiger partial charge in [0.2, 0.25) is 5.78 Å². The molecular formula is C22H21FN4O4S. The molecule has 0 amide bonds. The number of ketones is 1. The molecule has 0 radical (unpaired) electrons. The maximum Gasteiger partial charge on any atom is 0.262 e. The van der Waals surface area contributed by atoms with E-state index in [1.165, 1.54) is 19.2 Å². The molecule has 2 heterocycles. The first-order valence-corrected chi connectivity index (χ1v) is 10.9. The number of fused-ring (bicyclic) bond motifs is 3. The van der Waals surface area contributed by atoms with Gasteiger partial charge in [0.15, 0.2) is 10.9 Å². The van der Waals surface area contributed by atoms with Crippen molar-refractivity contribution in [3.05, 3.63) is 64.2 Å². The first-order chi connectivity index (χ1) is 15.5. The van der Waals surface area contributed by atoms with E-state index in [2.05, 4.69) is 10.2 Å². The van der Waals surface area contributed by atoms with Crippen LogP contribution in [0.3, 0.4) is 0 Å². The predicted molar refractivity (Wildman–Crippen MR) is 119 cm³/mol. The largest absolute Gasteiger partial charge is 0.496 e. The van der Waals surface area contributed by atoms with Crippen LogP contribution in [0.25, 0.3) is 16.7 Å². The van der Waals surface area contributed by atoms with Crippen LogP contribution in [0.4, 0.5) is 4.39 Å². The van der Waals surface area contributed by atoms with Crippen molar-refractivity contribution in [1.29, 1.82) is 0 Å². The number of benzene rings is 2. The highest BCUT2D eigenvalue weighted by Crippen LogP contribution is 2.25. The van der Waals surface area contributed by atoms with Crippen molar-refractivity contribution >= 4 is 34.2 Å². The predicted octanol–water partition coefficient (Wildman–Crippen LogP) is 3.20. The summed E-state index contributed by atoms with van der Waals surface area (Å²) >= 11 is 1.16. The minimum atomic E-state index is -0.516. The number of carbonyl (C=O) groups excluding carboxylic acids is 1. The lowest BCUT2D eigenvalue weighted by Gasteiger charge is -2.11. The van der Waals surface area contributed by atoms with Gasteiger partial charge in [0.1, 0.15) is 11.6 Å². The summed E-state index contributed by atoms with van der Waals surface area (Å²) in [6.07, 6.45) is 0.637. The molecular weight excluding hydrogens is 435 g/mol. The molecule has 166 valence electrons. The van der Waals surface area contributed by atoms with Gasteiger partial charge in [-0.15, -0.1) is 10.2 Å². The molecule has 2 aromatic heterocycles. The molecule has 0 aliphatic carbocycles. The number of rotatable bonds is 9. The highest BCUT2D eigenvalue weighted by molar-refractivity contribution is 7.99. The number of ether oxygens (including phenoxy) is 2. The zero-order valence-corrected chi connectivity index (χ0v) is 18.4. The van der Waals surface area contributed by atoms with Gasteiger partial charge >= 0.3 is 0 Å². The van der Waals surface area contributed by atoms with E-state index >= 15 is 0 Å². The third-order valence-corrected chi connectivity index (χ3v) is 5.93. The first-order valence-electron chi connectivity index (χ1n) is 9.90. The number of hydrogen-bond donors (Lipinski definition) is 0. The highest BCUT2D eigenvalue weighted by atomic mass is 32.2. The second kappa shape index (κ2) is 9.49. The molecule has 4 aromatic rings. The van der Waals surface area contributed by atoms with Gasteiger partial charge in [-0.25, -0.2) is 4.39 Å². The minimum Gasteiger partial charge on any atom is -0.496 e. The molecule has 0 saturated heterocycles. The fourth-order valence-electron chi connectivity index (χ4n) is 3.50. The molecule has 0 aliphatic rings. The Morgan fingerprint density at radius 3 is 2.75 bits per heavy atom. The van der Waals surface area contributed by atoms with Gasteiger partial charge in [0.25, 0.3) is 5.56 Å². The maximum absolute atomic E-state index is 13.7. The molecule has 0 bridgehead atoms. The summed E-state index contributed by atoms with van der Waals surface area (Å²) < 4.78 is 27.3. The number of aryl methyl sites for hydroxylation is 1. The lowest BCUT2D eigenvalue weighted by Crippen LogP contribution is -2.24. The van der Waals surface area contributed by atoms with E-state index in [0.717, 1.165) is 17.8 Å². The first kappa shape index (κ1) is 22.0. The molecule has 0 spiro atoms. The van der Waals surface area contributed by atoms with Gasteiger partial charge in [-0.05, 0) is 36.8 Å². The van der Waals surface area contributed by atoms with Crippen LogP contribution < -0.4 is 10.3 Å². The van der Waals surface area contributed by atoms with Gasteiger partial charge in [-0.1, -0.05) is 23.9 Å². The number of Topliss-reactive ketones (excluding diaryl/α,β-unsaturated/α-hetero) is 1. The van der Waals surface area contributed by atoms with Crippen molar-refractivity contribution in [3.8, 4) is 5.75 Å². The van der Waals surface area contributed by atoms with Crippen LogP contribution in [0, 0.1) is 5.82 Å². The standard InChI is InChI=1S/C22H21FN4O4S/c1-30-11-5-10-26-20(29)15-6-3-4-7-17(15)27-21(26)24-25-22(27)32-13-18(28)16-12-14(23)8-9-19(16)31-2/h3-4,6-9,12H,5,10-11,13H2,1-2H3. The summed E-state index contributed by atoms with van der Waals surface area (Å²) in [4.78, 5) is 25.8. The Labute approximate surface area is 187 Å². The lowest BCUT2D eigenvalue weighted by molar-refractivity contribution is 0.101. The Kier molecular flexibility index (Phi) is 6.52. The van der Waals surface area contributed by atoms with Crippen LogP contribution in [-0.4, -0.2) is 51.5 Å². The van der Waals surface area contributed by atoms with E-state index in [1.54, 1.807) is 28.2 Å². The summed E-state index contributed by atoms with van der Waals surface area (Å²) in [6.45, 7) is 0.925. The molecule has 4 rings (SSSR count). The van der Waals surface area contributed by atoms with Crippen LogP contribution in [0.15, 0.2) is 52.4 Å². The molecule has 0 atom stereocenters. The second-order valence-electron chi connectivity index (χ2n) is 6.99. The SMILES string of the molecule is COCCCn1c(=O)c2ccccc2n2c(SCC(=O)c3cc(F)ccc3OC)nnc12. The topological polar surface area (TPSA) is 87.7 Å². The molecule has 0 unspecified atom stereocenters. The monoisotopic (exact) mass is 456 g/mol. The Hall–Kier alpha value is -3.24. The maximum atomic E-state index is 13.7.